The summed E-state index contributed by atoms with van der Waals surface area (Å²) in [6.45, 7) is 5.66. The summed E-state index contributed by atoms with van der Waals surface area (Å²) in [4.78, 5) is 17.2. The smallest absolute Gasteiger partial charge is 0.241 e. The lowest BCUT2D eigenvalue weighted by Gasteiger charge is -2.34. The molecule has 0 radical (unpaired) electrons. The van der Waals surface area contributed by atoms with Crippen molar-refractivity contribution >= 4 is 21.6 Å². The highest BCUT2D eigenvalue weighted by Crippen LogP contribution is 2.29. The normalized spacial score (nSPS) is 26.6. The average molecular weight is 408 g/mol. The van der Waals surface area contributed by atoms with Gasteiger partial charge in [0, 0.05) is 43.8 Å². The van der Waals surface area contributed by atoms with Gasteiger partial charge in [-0.3, -0.25) is 9.69 Å². The number of fused-ring (bicyclic) bond motifs is 4. The quantitative estimate of drug-likeness (QED) is 0.744. The number of hydrogen-bond acceptors (Lipinski definition) is 5. The second kappa shape index (κ2) is 7.74. The van der Waals surface area contributed by atoms with Crippen molar-refractivity contribution in [3.8, 4) is 0 Å². The van der Waals surface area contributed by atoms with Crippen molar-refractivity contribution in [2.24, 2.45) is 5.92 Å². The van der Waals surface area contributed by atoms with E-state index in [2.05, 4.69) is 30.0 Å². The number of carbonyl (C=O) groups is 1. The lowest BCUT2D eigenvalue weighted by Crippen LogP contribution is -2.49. The van der Waals surface area contributed by atoms with Crippen molar-refractivity contribution in [3.63, 3.8) is 0 Å². The number of nitrogens with zero attached hydrogens (tertiary/aromatic N) is 3. The van der Waals surface area contributed by atoms with E-state index < -0.39 is 10.0 Å². The molecule has 3 heterocycles. The SMILES string of the molecule is Cc1ccc2c(c1)CCCN2C(=O)CN1C[C@H]2COC[C@@H]1CN(S(C)(=O)=O)C2. The predicted octanol–water partition coefficient (Wildman–Crippen LogP) is 0.866. The zero-order valence-corrected chi connectivity index (χ0v) is 17.5. The third kappa shape index (κ3) is 4.10. The molecule has 2 saturated heterocycles. The fourth-order valence-corrected chi connectivity index (χ4v) is 5.52. The Kier molecular flexibility index (Phi) is 5.48. The molecule has 1 amide bonds. The van der Waals surface area contributed by atoms with Crippen LogP contribution < -0.4 is 4.90 Å². The van der Waals surface area contributed by atoms with E-state index in [9.17, 15) is 13.2 Å². The van der Waals surface area contributed by atoms with Crippen molar-refractivity contribution < 1.29 is 17.9 Å². The van der Waals surface area contributed by atoms with Crippen LogP contribution >= 0.6 is 0 Å². The maximum atomic E-state index is 13.2. The molecule has 1 aromatic carbocycles. The predicted molar refractivity (Wildman–Crippen MR) is 108 cm³/mol. The largest absolute Gasteiger partial charge is 0.379 e. The topological polar surface area (TPSA) is 70.2 Å². The van der Waals surface area contributed by atoms with Gasteiger partial charge in [-0.25, -0.2) is 12.7 Å². The molecule has 8 heteroatoms. The first-order valence-corrected chi connectivity index (χ1v) is 11.8. The highest BCUT2D eigenvalue weighted by Gasteiger charge is 2.38. The standard InChI is InChI=1S/C20H29N3O4S/c1-15-5-6-19-17(8-15)4-3-7-23(19)20(24)12-21-9-16-10-22(28(2,25)26)11-18(21)14-27-13-16/h5-6,8,16,18H,3-4,7,9-14H2,1-2H3/t16-,18+/m1/s1. The van der Waals surface area contributed by atoms with Gasteiger partial charge < -0.3 is 9.64 Å². The van der Waals surface area contributed by atoms with Gasteiger partial charge in [0.1, 0.15) is 0 Å². The highest BCUT2D eigenvalue weighted by molar-refractivity contribution is 7.88. The molecule has 0 saturated carbocycles. The molecule has 3 aliphatic rings. The van der Waals surface area contributed by atoms with Crippen molar-refractivity contribution in [1.82, 2.24) is 9.21 Å². The summed E-state index contributed by atoms with van der Waals surface area (Å²) < 4.78 is 31.5. The van der Waals surface area contributed by atoms with Crippen LogP contribution in [0.4, 0.5) is 5.69 Å². The molecule has 0 unspecified atom stereocenters. The van der Waals surface area contributed by atoms with Gasteiger partial charge in [0.25, 0.3) is 0 Å². The summed E-state index contributed by atoms with van der Waals surface area (Å²) >= 11 is 0. The summed E-state index contributed by atoms with van der Waals surface area (Å²) in [6, 6.07) is 6.19. The van der Waals surface area contributed by atoms with Gasteiger partial charge in [-0.2, -0.15) is 0 Å². The Morgan fingerprint density at radius 2 is 2.04 bits per heavy atom. The maximum Gasteiger partial charge on any atom is 0.241 e. The fourth-order valence-electron chi connectivity index (χ4n) is 4.59. The molecular weight excluding hydrogens is 378 g/mol. The molecular formula is C20H29N3O4S. The summed E-state index contributed by atoms with van der Waals surface area (Å²) in [5, 5.41) is 0. The maximum absolute atomic E-state index is 13.2. The van der Waals surface area contributed by atoms with Crippen LogP contribution in [0, 0.1) is 12.8 Å². The van der Waals surface area contributed by atoms with Gasteiger partial charge >= 0.3 is 0 Å². The summed E-state index contributed by atoms with van der Waals surface area (Å²) in [6.07, 6.45) is 3.24. The average Bonchev–Trinajstić information content (AvgIpc) is 2.90. The number of carbonyl (C=O) groups excluding carboxylic acids is 1. The summed E-state index contributed by atoms with van der Waals surface area (Å²) in [5.74, 6) is 0.176. The molecule has 0 N–H and O–H groups in total. The monoisotopic (exact) mass is 407 g/mol. The molecule has 2 bridgehead atoms. The van der Waals surface area contributed by atoms with E-state index in [0.29, 0.717) is 39.4 Å². The van der Waals surface area contributed by atoms with Crippen molar-refractivity contribution in [2.45, 2.75) is 25.8 Å². The number of anilines is 1. The van der Waals surface area contributed by atoms with Gasteiger partial charge in [0.15, 0.2) is 0 Å². The van der Waals surface area contributed by atoms with Gasteiger partial charge in [0.05, 0.1) is 26.0 Å². The third-order valence-corrected chi connectivity index (χ3v) is 7.25. The van der Waals surface area contributed by atoms with Crippen LogP contribution in [-0.2, 0) is 26.0 Å². The van der Waals surface area contributed by atoms with E-state index >= 15 is 0 Å². The Morgan fingerprint density at radius 3 is 2.82 bits per heavy atom. The number of ether oxygens (including phenoxy) is 1. The Bertz CT molecular complexity index is 857. The van der Waals surface area contributed by atoms with Crippen LogP contribution in [0.5, 0.6) is 0 Å². The molecule has 0 aromatic heterocycles. The molecule has 28 heavy (non-hydrogen) atoms. The van der Waals surface area contributed by atoms with E-state index in [1.807, 2.05) is 4.90 Å². The molecule has 2 fully saturated rings. The first-order valence-electron chi connectivity index (χ1n) is 9.98. The second-order valence-electron chi connectivity index (χ2n) is 8.35. The first kappa shape index (κ1) is 19.8. The lowest BCUT2D eigenvalue weighted by molar-refractivity contribution is -0.120. The zero-order chi connectivity index (χ0) is 19.9. The minimum atomic E-state index is -3.25. The van der Waals surface area contributed by atoms with Crippen LogP contribution in [-0.4, -0.2) is 81.8 Å². The van der Waals surface area contributed by atoms with E-state index in [-0.39, 0.29) is 17.9 Å². The Labute approximate surface area is 167 Å². The molecule has 4 rings (SSSR count). The molecule has 0 aliphatic carbocycles. The number of rotatable bonds is 3. The first-order chi connectivity index (χ1) is 13.3. The van der Waals surface area contributed by atoms with E-state index in [1.54, 1.807) is 4.31 Å². The summed E-state index contributed by atoms with van der Waals surface area (Å²) in [5.41, 5.74) is 3.47. The van der Waals surface area contributed by atoms with Gasteiger partial charge in [0.2, 0.25) is 15.9 Å². The van der Waals surface area contributed by atoms with Crippen LogP contribution in [0.25, 0.3) is 0 Å². The Balaban J connectivity index is 1.52. The summed E-state index contributed by atoms with van der Waals surface area (Å²) in [7, 11) is -3.25. The molecule has 154 valence electrons. The van der Waals surface area contributed by atoms with Crippen LogP contribution in [0.1, 0.15) is 17.5 Å². The zero-order valence-electron chi connectivity index (χ0n) is 16.6. The molecule has 7 nitrogen and oxygen atoms in total. The Hall–Kier alpha value is -1.48. The molecule has 3 aliphatic heterocycles. The van der Waals surface area contributed by atoms with Gasteiger partial charge in [-0.15, -0.1) is 0 Å². The van der Waals surface area contributed by atoms with Crippen LogP contribution in [0.3, 0.4) is 0 Å². The van der Waals surface area contributed by atoms with E-state index in [1.165, 1.54) is 17.4 Å². The minimum Gasteiger partial charge on any atom is -0.379 e. The van der Waals surface area contributed by atoms with Gasteiger partial charge in [-0.1, -0.05) is 17.7 Å². The number of aryl methyl sites for hydroxylation is 2. The lowest BCUT2D eigenvalue weighted by atomic mass is 9.99. The number of sulfonamides is 1. The van der Waals surface area contributed by atoms with E-state index in [0.717, 1.165) is 25.1 Å². The molecule has 1 aromatic rings. The molecule has 0 spiro atoms. The van der Waals surface area contributed by atoms with Crippen LogP contribution in [0.2, 0.25) is 0 Å². The second-order valence-corrected chi connectivity index (χ2v) is 10.3. The number of hydrogen-bond donors (Lipinski definition) is 0. The fraction of sp³-hybridized carbons (Fsp3) is 0.650. The van der Waals surface area contributed by atoms with Gasteiger partial charge in [-0.05, 0) is 31.4 Å². The van der Waals surface area contributed by atoms with Crippen molar-refractivity contribution in [1.29, 1.82) is 0 Å². The Morgan fingerprint density at radius 1 is 1.21 bits per heavy atom. The minimum absolute atomic E-state index is 0.0864. The highest BCUT2D eigenvalue weighted by atomic mass is 32.2. The number of amides is 1. The van der Waals surface area contributed by atoms with Crippen molar-refractivity contribution in [2.75, 3.05) is 57.1 Å². The molecule has 2 atom stereocenters. The van der Waals surface area contributed by atoms with Crippen molar-refractivity contribution in [3.05, 3.63) is 29.3 Å². The third-order valence-electron chi connectivity index (χ3n) is 6.01. The number of benzene rings is 1. The van der Waals surface area contributed by atoms with E-state index in [4.69, 9.17) is 4.74 Å². The van der Waals surface area contributed by atoms with Crippen LogP contribution in [0.15, 0.2) is 18.2 Å².